The van der Waals surface area contributed by atoms with E-state index in [9.17, 15) is 9.59 Å². The standard InChI is InChI=1S/C23H20IN3O2S/c24-19-12-6-4-10-17(19)22(29)27-23(30)26-20-13-7-5-11-18(20)21(28)25-15-14-16-8-2-1-3-9-16/h1-13H,14-15H2,(H,25,28)(H2,26,27,29,30). The smallest absolute Gasteiger partial charge is 0.258 e. The number of hydrogen-bond acceptors (Lipinski definition) is 3. The molecule has 30 heavy (non-hydrogen) atoms. The van der Waals surface area contributed by atoms with E-state index in [1.807, 2.05) is 42.5 Å². The van der Waals surface area contributed by atoms with Gasteiger partial charge in [-0.2, -0.15) is 0 Å². The highest BCUT2D eigenvalue weighted by molar-refractivity contribution is 14.1. The van der Waals surface area contributed by atoms with Gasteiger partial charge in [0.2, 0.25) is 0 Å². The Morgan fingerprint density at radius 1 is 0.800 bits per heavy atom. The molecule has 3 N–H and O–H groups in total. The third-order valence-corrected chi connectivity index (χ3v) is 5.45. The van der Waals surface area contributed by atoms with Crippen LogP contribution in [-0.4, -0.2) is 23.5 Å². The lowest BCUT2D eigenvalue weighted by molar-refractivity contribution is 0.0952. The third-order valence-electron chi connectivity index (χ3n) is 4.31. The Morgan fingerprint density at radius 2 is 1.43 bits per heavy atom. The largest absolute Gasteiger partial charge is 0.352 e. The zero-order valence-corrected chi connectivity index (χ0v) is 19.0. The predicted molar refractivity (Wildman–Crippen MR) is 132 cm³/mol. The molecule has 2 amide bonds. The van der Waals surface area contributed by atoms with Gasteiger partial charge in [-0.3, -0.25) is 14.9 Å². The van der Waals surface area contributed by atoms with E-state index in [0.717, 1.165) is 15.6 Å². The number of carbonyl (C=O) groups excluding carboxylic acids is 2. The number of hydrogen-bond donors (Lipinski definition) is 3. The van der Waals surface area contributed by atoms with E-state index >= 15 is 0 Å². The number of para-hydroxylation sites is 1. The van der Waals surface area contributed by atoms with E-state index in [2.05, 4.69) is 38.5 Å². The number of nitrogens with one attached hydrogen (secondary N) is 3. The quantitative estimate of drug-likeness (QED) is 0.328. The van der Waals surface area contributed by atoms with Gasteiger partial charge in [0.1, 0.15) is 0 Å². The first-order valence-corrected chi connectivity index (χ1v) is 10.8. The van der Waals surface area contributed by atoms with Crippen LogP contribution in [0.25, 0.3) is 0 Å². The molecule has 0 fully saturated rings. The van der Waals surface area contributed by atoms with Crippen molar-refractivity contribution < 1.29 is 9.59 Å². The van der Waals surface area contributed by atoms with Crippen molar-refractivity contribution in [1.29, 1.82) is 0 Å². The van der Waals surface area contributed by atoms with Crippen LogP contribution in [0.1, 0.15) is 26.3 Å². The fraction of sp³-hybridized carbons (Fsp3) is 0.0870. The maximum atomic E-state index is 12.6. The van der Waals surface area contributed by atoms with Crippen molar-refractivity contribution in [2.75, 3.05) is 11.9 Å². The molecule has 0 spiro atoms. The fourth-order valence-corrected chi connectivity index (χ4v) is 3.65. The molecule has 3 aromatic carbocycles. The van der Waals surface area contributed by atoms with Crippen molar-refractivity contribution in [2.24, 2.45) is 0 Å². The molecule has 0 aromatic heterocycles. The molecule has 0 atom stereocenters. The molecule has 0 saturated carbocycles. The SMILES string of the molecule is O=C(NC(=S)Nc1ccccc1C(=O)NCCc1ccccc1)c1ccccc1I. The van der Waals surface area contributed by atoms with E-state index in [1.54, 1.807) is 36.4 Å². The molecule has 0 aliphatic heterocycles. The Balaban J connectivity index is 1.60. The molecule has 0 heterocycles. The van der Waals surface area contributed by atoms with Crippen LogP contribution < -0.4 is 16.0 Å². The second kappa shape index (κ2) is 10.8. The first-order chi connectivity index (χ1) is 14.5. The highest BCUT2D eigenvalue weighted by atomic mass is 127. The van der Waals surface area contributed by atoms with Crippen LogP contribution in [0.15, 0.2) is 78.9 Å². The summed E-state index contributed by atoms with van der Waals surface area (Å²) in [5, 5.41) is 8.67. The third kappa shape index (κ3) is 6.11. The molecule has 7 heteroatoms. The number of thiocarbonyl (C=S) groups is 1. The van der Waals surface area contributed by atoms with E-state index in [4.69, 9.17) is 12.2 Å². The Kier molecular flexibility index (Phi) is 7.92. The molecule has 0 radical (unpaired) electrons. The van der Waals surface area contributed by atoms with Crippen LogP contribution in [0.3, 0.4) is 0 Å². The van der Waals surface area contributed by atoms with Gasteiger partial charge in [-0.05, 0) is 71.1 Å². The lowest BCUT2D eigenvalue weighted by Gasteiger charge is -2.14. The number of carbonyl (C=O) groups is 2. The minimum Gasteiger partial charge on any atom is -0.352 e. The van der Waals surface area contributed by atoms with Crippen LogP contribution >= 0.6 is 34.8 Å². The maximum Gasteiger partial charge on any atom is 0.258 e. The van der Waals surface area contributed by atoms with E-state index in [1.165, 1.54) is 0 Å². The van der Waals surface area contributed by atoms with Gasteiger partial charge < -0.3 is 10.6 Å². The molecular formula is C23H20IN3O2S. The van der Waals surface area contributed by atoms with Gasteiger partial charge in [-0.25, -0.2) is 0 Å². The zero-order chi connectivity index (χ0) is 21.3. The van der Waals surface area contributed by atoms with Crippen LogP contribution in [0, 0.1) is 3.57 Å². The molecule has 152 valence electrons. The number of anilines is 1. The average molecular weight is 529 g/mol. The maximum absolute atomic E-state index is 12.6. The first kappa shape index (κ1) is 21.9. The van der Waals surface area contributed by atoms with Gasteiger partial charge in [0.15, 0.2) is 5.11 Å². The van der Waals surface area contributed by atoms with Crippen LogP contribution in [0.5, 0.6) is 0 Å². The van der Waals surface area contributed by atoms with Crippen molar-refractivity contribution in [3.05, 3.63) is 99.1 Å². The van der Waals surface area contributed by atoms with Gasteiger partial charge in [-0.15, -0.1) is 0 Å². The van der Waals surface area contributed by atoms with Crippen LogP contribution in [0.2, 0.25) is 0 Å². The molecule has 0 bridgehead atoms. The summed E-state index contributed by atoms with van der Waals surface area (Å²) in [7, 11) is 0. The summed E-state index contributed by atoms with van der Waals surface area (Å²) in [6, 6.07) is 24.2. The highest BCUT2D eigenvalue weighted by Crippen LogP contribution is 2.15. The van der Waals surface area contributed by atoms with E-state index < -0.39 is 0 Å². The van der Waals surface area contributed by atoms with Crippen molar-refractivity contribution in [2.45, 2.75) is 6.42 Å². The summed E-state index contributed by atoms with van der Waals surface area (Å²) < 4.78 is 0.827. The van der Waals surface area contributed by atoms with Crippen LogP contribution in [0.4, 0.5) is 5.69 Å². The summed E-state index contributed by atoms with van der Waals surface area (Å²) >= 11 is 7.38. The molecule has 3 aromatic rings. The molecule has 0 saturated heterocycles. The Morgan fingerprint density at radius 3 is 2.17 bits per heavy atom. The Hall–Kier alpha value is -2.78. The summed E-state index contributed by atoms with van der Waals surface area (Å²) in [4.78, 5) is 25.1. The fourth-order valence-electron chi connectivity index (χ4n) is 2.82. The topological polar surface area (TPSA) is 70.2 Å². The molecular weight excluding hydrogens is 509 g/mol. The predicted octanol–water partition coefficient (Wildman–Crippen LogP) is 4.39. The highest BCUT2D eigenvalue weighted by Gasteiger charge is 2.14. The second-order valence-corrected chi connectivity index (χ2v) is 8.00. The lowest BCUT2D eigenvalue weighted by Crippen LogP contribution is -2.35. The van der Waals surface area contributed by atoms with Gasteiger partial charge >= 0.3 is 0 Å². The number of amides is 2. The summed E-state index contributed by atoms with van der Waals surface area (Å²) in [6.07, 6.45) is 0.742. The van der Waals surface area contributed by atoms with Gasteiger partial charge in [-0.1, -0.05) is 54.6 Å². The monoisotopic (exact) mass is 529 g/mol. The molecule has 0 unspecified atom stereocenters. The Bertz CT molecular complexity index is 1060. The van der Waals surface area contributed by atoms with Gasteiger partial charge in [0.05, 0.1) is 16.8 Å². The first-order valence-electron chi connectivity index (χ1n) is 9.32. The minimum absolute atomic E-state index is 0.129. The molecule has 0 aliphatic carbocycles. The second-order valence-electron chi connectivity index (χ2n) is 6.43. The normalized spacial score (nSPS) is 10.2. The minimum atomic E-state index is -0.303. The van der Waals surface area contributed by atoms with Crippen LogP contribution in [-0.2, 0) is 6.42 Å². The summed E-state index contributed by atoms with van der Waals surface area (Å²) in [6.45, 7) is 0.519. The summed E-state index contributed by atoms with van der Waals surface area (Å²) in [5.41, 5.74) is 2.68. The van der Waals surface area contributed by atoms with Crippen molar-refractivity contribution in [1.82, 2.24) is 10.6 Å². The van der Waals surface area contributed by atoms with Crippen molar-refractivity contribution in [3.8, 4) is 0 Å². The van der Waals surface area contributed by atoms with Gasteiger partial charge in [0.25, 0.3) is 11.8 Å². The molecule has 0 aliphatic rings. The lowest BCUT2D eigenvalue weighted by atomic mass is 10.1. The molecule has 5 nitrogen and oxygen atoms in total. The zero-order valence-electron chi connectivity index (χ0n) is 16.0. The van der Waals surface area contributed by atoms with Crippen molar-refractivity contribution >= 4 is 57.4 Å². The number of rotatable bonds is 6. The number of benzene rings is 3. The van der Waals surface area contributed by atoms with Gasteiger partial charge in [0, 0.05) is 10.1 Å². The van der Waals surface area contributed by atoms with E-state index in [-0.39, 0.29) is 16.9 Å². The summed E-state index contributed by atoms with van der Waals surface area (Å²) in [5.74, 6) is -0.511. The average Bonchev–Trinajstić information content (AvgIpc) is 2.75. The van der Waals surface area contributed by atoms with E-state index in [0.29, 0.717) is 23.4 Å². The number of halogens is 1. The molecule has 3 rings (SSSR count). The van der Waals surface area contributed by atoms with Crippen molar-refractivity contribution in [3.63, 3.8) is 0 Å². The Labute approximate surface area is 194 Å².